The first-order valence-corrected chi connectivity index (χ1v) is 6.38. The molecule has 1 aromatic carbocycles. The normalized spacial score (nSPS) is 15.9. The van der Waals surface area contributed by atoms with Gasteiger partial charge in [-0.15, -0.1) is 0 Å². The molecule has 3 nitrogen and oxygen atoms in total. The highest BCUT2D eigenvalue weighted by Gasteiger charge is 2.26. The Morgan fingerprint density at radius 1 is 1.42 bits per heavy atom. The lowest BCUT2D eigenvalue weighted by Crippen LogP contribution is -2.48. The molecule has 0 radical (unpaired) electrons. The summed E-state index contributed by atoms with van der Waals surface area (Å²) in [6, 6.07) is 3.10. The molecule has 0 aliphatic rings. The number of ether oxygens (including phenoxy) is 1. The minimum Gasteiger partial charge on any atom is -0.487 e. The van der Waals surface area contributed by atoms with Crippen molar-refractivity contribution in [1.29, 1.82) is 0 Å². The second-order valence-electron chi connectivity index (χ2n) is 4.96. The van der Waals surface area contributed by atoms with Gasteiger partial charge in [0.2, 0.25) is 0 Å². The van der Waals surface area contributed by atoms with Gasteiger partial charge in [-0.2, -0.15) is 0 Å². The molecule has 5 heteroatoms. The number of aliphatic hydroxyl groups is 1. The van der Waals surface area contributed by atoms with Crippen molar-refractivity contribution < 1.29 is 18.6 Å². The van der Waals surface area contributed by atoms with Gasteiger partial charge in [-0.25, -0.2) is 8.78 Å². The quantitative estimate of drug-likeness (QED) is 0.802. The molecule has 0 saturated carbocycles. The average molecular weight is 273 g/mol. The molecule has 108 valence electrons. The number of likely N-dealkylation sites (N-methyl/N-ethyl adjacent to an activating group) is 1. The van der Waals surface area contributed by atoms with Crippen molar-refractivity contribution in [3.05, 3.63) is 29.8 Å². The molecule has 2 N–H and O–H groups in total. The van der Waals surface area contributed by atoms with E-state index in [0.717, 1.165) is 18.2 Å². The van der Waals surface area contributed by atoms with Crippen LogP contribution in [-0.4, -0.2) is 29.9 Å². The van der Waals surface area contributed by atoms with E-state index in [1.165, 1.54) is 0 Å². The highest BCUT2D eigenvalue weighted by Crippen LogP contribution is 2.22. The molecule has 0 spiro atoms. The SMILES string of the molecule is CCNC(C)(CO)CC(C)Oc1cc(F)ccc1F. The monoisotopic (exact) mass is 273 g/mol. The molecular weight excluding hydrogens is 252 g/mol. The predicted molar refractivity (Wildman–Crippen MR) is 70.2 cm³/mol. The van der Waals surface area contributed by atoms with Crippen molar-refractivity contribution in [3.63, 3.8) is 0 Å². The predicted octanol–water partition coefficient (Wildman–Crippen LogP) is 2.48. The summed E-state index contributed by atoms with van der Waals surface area (Å²) in [6.45, 7) is 6.21. The van der Waals surface area contributed by atoms with Gasteiger partial charge in [-0.3, -0.25) is 0 Å². The third-order valence-corrected chi connectivity index (χ3v) is 2.91. The Balaban J connectivity index is 2.68. The van der Waals surface area contributed by atoms with Crippen molar-refractivity contribution in [2.24, 2.45) is 0 Å². The topological polar surface area (TPSA) is 41.5 Å². The summed E-state index contributed by atoms with van der Waals surface area (Å²) < 4.78 is 31.9. The summed E-state index contributed by atoms with van der Waals surface area (Å²) in [4.78, 5) is 0. The largest absolute Gasteiger partial charge is 0.487 e. The number of hydrogen-bond donors (Lipinski definition) is 2. The average Bonchev–Trinajstić information content (AvgIpc) is 2.34. The third kappa shape index (κ3) is 4.76. The van der Waals surface area contributed by atoms with Gasteiger partial charge < -0.3 is 15.2 Å². The van der Waals surface area contributed by atoms with Gasteiger partial charge in [0.05, 0.1) is 12.7 Å². The van der Waals surface area contributed by atoms with Crippen molar-refractivity contribution in [2.45, 2.75) is 38.8 Å². The summed E-state index contributed by atoms with van der Waals surface area (Å²) in [5.74, 6) is -1.24. The summed E-state index contributed by atoms with van der Waals surface area (Å²) in [6.07, 6.45) is 0.125. The van der Waals surface area contributed by atoms with E-state index in [9.17, 15) is 13.9 Å². The van der Waals surface area contributed by atoms with Gasteiger partial charge in [0, 0.05) is 18.0 Å². The molecule has 2 unspecified atom stereocenters. The zero-order chi connectivity index (χ0) is 14.5. The molecule has 0 bridgehead atoms. The van der Waals surface area contributed by atoms with E-state index < -0.39 is 17.2 Å². The molecule has 0 amide bonds. The number of aliphatic hydroxyl groups excluding tert-OH is 1. The molecule has 19 heavy (non-hydrogen) atoms. The Labute approximate surface area is 112 Å². The lowest BCUT2D eigenvalue weighted by molar-refractivity contribution is 0.108. The molecule has 2 atom stereocenters. The summed E-state index contributed by atoms with van der Waals surface area (Å²) in [5, 5.41) is 12.5. The first-order chi connectivity index (χ1) is 8.90. The van der Waals surface area contributed by atoms with Crippen LogP contribution >= 0.6 is 0 Å². The number of nitrogens with one attached hydrogen (secondary N) is 1. The van der Waals surface area contributed by atoms with Gasteiger partial charge in [-0.1, -0.05) is 6.92 Å². The van der Waals surface area contributed by atoms with E-state index >= 15 is 0 Å². The first kappa shape index (κ1) is 15.9. The minimum absolute atomic E-state index is 0.0554. The second-order valence-corrected chi connectivity index (χ2v) is 4.96. The molecule has 1 rings (SSSR count). The van der Waals surface area contributed by atoms with E-state index in [2.05, 4.69) is 5.32 Å². The van der Waals surface area contributed by atoms with Gasteiger partial charge in [-0.05, 0) is 32.5 Å². The number of benzene rings is 1. The minimum atomic E-state index is -0.595. The summed E-state index contributed by atoms with van der Waals surface area (Å²) in [5.41, 5.74) is -0.502. The molecule has 1 aromatic rings. The third-order valence-electron chi connectivity index (χ3n) is 2.91. The van der Waals surface area contributed by atoms with Crippen LogP contribution in [0.3, 0.4) is 0 Å². The Morgan fingerprint density at radius 2 is 2.11 bits per heavy atom. The van der Waals surface area contributed by atoms with Gasteiger partial charge in [0.25, 0.3) is 0 Å². The van der Waals surface area contributed by atoms with Crippen LogP contribution in [0.25, 0.3) is 0 Å². The van der Waals surface area contributed by atoms with Gasteiger partial charge in [0.15, 0.2) is 11.6 Å². The van der Waals surface area contributed by atoms with Crippen LogP contribution in [0.5, 0.6) is 5.75 Å². The van der Waals surface area contributed by atoms with E-state index in [4.69, 9.17) is 4.74 Å². The molecule has 0 aliphatic carbocycles. The van der Waals surface area contributed by atoms with Crippen LogP contribution in [0.2, 0.25) is 0 Å². The zero-order valence-corrected chi connectivity index (χ0v) is 11.5. The van der Waals surface area contributed by atoms with Gasteiger partial charge >= 0.3 is 0 Å². The fourth-order valence-electron chi connectivity index (χ4n) is 2.08. The van der Waals surface area contributed by atoms with Crippen molar-refractivity contribution >= 4 is 0 Å². The maximum absolute atomic E-state index is 13.4. The Morgan fingerprint density at radius 3 is 2.68 bits per heavy atom. The number of halogens is 2. The van der Waals surface area contributed by atoms with Crippen molar-refractivity contribution in [1.82, 2.24) is 5.32 Å². The summed E-state index contributed by atoms with van der Waals surface area (Å²) in [7, 11) is 0. The Hall–Kier alpha value is -1.20. The maximum Gasteiger partial charge on any atom is 0.165 e. The van der Waals surface area contributed by atoms with E-state index in [0.29, 0.717) is 13.0 Å². The van der Waals surface area contributed by atoms with Gasteiger partial charge in [0.1, 0.15) is 5.82 Å². The highest BCUT2D eigenvalue weighted by molar-refractivity contribution is 5.25. The zero-order valence-electron chi connectivity index (χ0n) is 11.5. The van der Waals surface area contributed by atoms with Crippen LogP contribution in [0.1, 0.15) is 27.2 Å². The Kier molecular flexibility index (Phi) is 5.69. The summed E-state index contributed by atoms with van der Waals surface area (Å²) >= 11 is 0. The van der Waals surface area contributed by atoms with E-state index in [1.807, 2.05) is 13.8 Å². The molecule has 0 fully saturated rings. The second kappa shape index (κ2) is 6.82. The smallest absolute Gasteiger partial charge is 0.165 e. The molecule has 0 saturated heterocycles. The van der Waals surface area contributed by atoms with Crippen LogP contribution in [0.4, 0.5) is 8.78 Å². The van der Waals surface area contributed by atoms with Crippen molar-refractivity contribution in [3.8, 4) is 5.75 Å². The number of rotatable bonds is 7. The molecule has 0 aliphatic heterocycles. The fraction of sp³-hybridized carbons (Fsp3) is 0.571. The lowest BCUT2D eigenvalue weighted by atomic mass is 9.95. The van der Waals surface area contributed by atoms with E-state index in [1.54, 1.807) is 6.92 Å². The lowest BCUT2D eigenvalue weighted by Gasteiger charge is -2.31. The van der Waals surface area contributed by atoms with Crippen LogP contribution < -0.4 is 10.1 Å². The molecule has 0 aromatic heterocycles. The highest BCUT2D eigenvalue weighted by atomic mass is 19.1. The van der Waals surface area contributed by atoms with E-state index in [-0.39, 0.29) is 18.5 Å². The van der Waals surface area contributed by atoms with Crippen molar-refractivity contribution in [2.75, 3.05) is 13.2 Å². The Bertz CT molecular complexity index is 414. The first-order valence-electron chi connectivity index (χ1n) is 6.38. The van der Waals surface area contributed by atoms with Crippen LogP contribution in [0, 0.1) is 11.6 Å². The van der Waals surface area contributed by atoms with Crippen LogP contribution in [0.15, 0.2) is 18.2 Å². The molecule has 0 heterocycles. The molecular formula is C14H21F2NO2. The van der Waals surface area contributed by atoms with Crippen LogP contribution in [-0.2, 0) is 0 Å². The fourth-order valence-corrected chi connectivity index (χ4v) is 2.08. The maximum atomic E-state index is 13.4. The number of hydrogen-bond acceptors (Lipinski definition) is 3. The standard InChI is InChI=1S/C14H21F2NO2/c1-4-17-14(3,9-18)8-10(2)19-13-7-11(15)5-6-12(13)16/h5-7,10,17-18H,4,8-9H2,1-3H3.